The molecular weight excluding hydrogens is 1240 g/mol. The minimum atomic E-state index is -0.317. The maximum absolute atomic E-state index is 11.8. The van der Waals surface area contributed by atoms with E-state index in [1.807, 2.05) is 70.9 Å². The molecule has 9 atom stereocenters. The Kier molecular flexibility index (Phi) is 60.3. The number of hydrogen-bond acceptors (Lipinski definition) is 18. The third-order valence-electron chi connectivity index (χ3n) is 12.4. The van der Waals surface area contributed by atoms with Crippen LogP contribution in [0.15, 0.2) is 102 Å². The quantitative estimate of drug-likeness (QED) is 0.0607. The van der Waals surface area contributed by atoms with Crippen molar-refractivity contribution in [2.45, 2.75) is 134 Å². The van der Waals surface area contributed by atoms with Gasteiger partial charge in [0.2, 0.25) is 0 Å². The molecule has 4 aliphatic heterocycles. The molecule has 4 heterocycles. The number of hydrogen-bond donors (Lipinski definition) is 5. The summed E-state index contributed by atoms with van der Waals surface area (Å²) in [5, 5.41) is 10.4. The Labute approximate surface area is 520 Å². The van der Waals surface area contributed by atoms with Crippen LogP contribution in [0.3, 0.4) is 0 Å². The summed E-state index contributed by atoms with van der Waals surface area (Å²) < 4.78 is 47.0. The van der Waals surface area contributed by atoms with Gasteiger partial charge >= 0.3 is 23.9 Å². The Hall–Kier alpha value is -4.13. The molecule has 3 fully saturated rings. The lowest BCUT2D eigenvalue weighted by atomic mass is 9.94. The maximum Gasteiger partial charge on any atom is 0.337 e. The van der Waals surface area contributed by atoms with Gasteiger partial charge in [0, 0.05) is 71.0 Å². The molecule has 0 spiro atoms. The van der Waals surface area contributed by atoms with Crippen molar-refractivity contribution in [2.24, 2.45) is 23.5 Å². The Morgan fingerprint density at radius 2 is 0.901 bits per heavy atom. The Morgan fingerprint density at radius 1 is 0.568 bits per heavy atom. The Morgan fingerprint density at radius 3 is 1.25 bits per heavy atom. The molecular formula is C60H109Br3N4O14. The van der Waals surface area contributed by atoms with Gasteiger partial charge in [0.15, 0.2) is 0 Å². The third kappa shape index (κ3) is 33.1. The molecule has 3 aromatic carbocycles. The molecule has 3 aromatic rings. The molecule has 21 heteroatoms. The number of carbonyl (C=O) groups excluding carboxylic acids is 5. The number of benzene rings is 3. The first kappa shape index (κ1) is 90.6. The molecule has 0 aromatic heterocycles. The summed E-state index contributed by atoms with van der Waals surface area (Å²) in [5.74, 6) is -1.68. The second-order valence-electron chi connectivity index (χ2n) is 17.2. The lowest BCUT2D eigenvalue weighted by molar-refractivity contribution is -0.152. The highest BCUT2D eigenvalue weighted by molar-refractivity contribution is 9.05. The zero-order valence-corrected chi connectivity index (χ0v) is 49.5. The van der Waals surface area contributed by atoms with E-state index in [-0.39, 0.29) is 159 Å². The molecule has 6 N–H and O–H groups in total. The van der Waals surface area contributed by atoms with Gasteiger partial charge in [-0.1, -0.05) is 136 Å². The minimum absolute atomic E-state index is 0. The molecule has 0 bridgehead atoms. The molecule has 0 radical (unpaired) electrons. The number of halogens is 3. The fourth-order valence-corrected chi connectivity index (χ4v) is 8.25. The number of esters is 4. The van der Waals surface area contributed by atoms with E-state index in [2.05, 4.69) is 77.9 Å². The van der Waals surface area contributed by atoms with Crippen LogP contribution in [0.4, 0.5) is 0 Å². The molecule has 1 unspecified atom stereocenters. The highest BCUT2D eigenvalue weighted by Crippen LogP contribution is 2.24. The van der Waals surface area contributed by atoms with Crippen LogP contribution in [0.25, 0.3) is 0 Å². The van der Waals surface area contributed by atoms with Gasteiger partial charge in [-0.3, -0.25) is 14.4 Å². The number of carbonyl (C=O) groups is 5. The average Bonchev–Trinajstić information content (AvgIpc) is 3.44. The van der Waals surface area contributed by atoms with E-state index in [1.165, 1.54) is 52.1 Å². The van der Waals surface area contributed by atoms with Gasteiger partial charge in [-0.25, -0.2) is 4.79 Å². The zero-order chi connectivity index (χ0) is 54.0. The largest absolute Gasteiger partial charge is 0.469 e. The number of rotatable bonds is 13. The van der Waals surface area contributed by atoms with Crippen molar-refractivity contribution in [3.8, 4) is 0 Å². The number of ether oxygens (including phenoxy) is 8. The normalized spacial score (nSPS) is 20.1. The molecule has 4 aliphatic rings. The first-order chi connectivity index (χ1) is 35.3. The number of nitrogens with two attached hydrogens (primary N) is 1. The van der Waals surface area contributed by atoms with E-state index < -0.39 is 0 Å². The fourth-order valence-electron chi connectivity index (χ4n) is 8.25. The lowest BCUT2D eigenvalue weighted by Crippen LogP contribution is -2.47. The molecule has 474 valence electrons. The molecule has 0 amide bonds. The standard InChI is InChI=1S/2C15H21NO3.C15H19NO3.C7H13NO3.C2H4O.6CH4.BrHO.2BrH.2H2/c3*1-11(12-6-4-3-5-7-12)16-14-8-9-19-10-13(14)15(17)18-2;1-10-7(9)5-4-11-3-2-6(5)8;1-2-3;;;;;;;1-2;;;;/h2*3-7,11,13-14,16H,8-10H2,1-2H3;3-7,11,16H,8-10H2,1-2H3;5-6H,2-4,8H2,1H3;2H,1H3;6*1H4;2H;4*1H/t11-,13+,14-;11-,13-,14?;11-;5-,6+;;;;;;;;;;;;/m1010............/s1. The number of methoxy groups -OCH3 is 4. The van der Waals surface area contributed by atoms with Crippen molar-refractivity contribution in [3.63, 3.8) is 0 Å². The fraction of sp³-hybridized carbons (Fsp3) is 0.583. The van der Waals surface area contributed by atoms with E-state index >= 15 is 0 Å². The molecule has 3 saturated heterocycles. The summed E-state index contributed by atoms with van der Waals surface area (Å²) in [5.41, 5.74) is 10.8. The molecule has 7 rings (SSSR count). The molecule has 81 heavy (non-hydrogen) atoms. The van der Waals surface area contributed by atoms with Crippen LogP contribution in [0.5, 0.6) is 0 Å². The smallest absolute Gasteiger partial charge is 0.337 e. The number of aldehydes is 1. The first-order valence-electron chi connectivity index (χ1n) is 24.4. The first-order valence-corrected chi connectivity index (χ1v) is 25.1. The van der Waals surface area contributed by atoms with Gasteiger partial charge in [0.1, 0.15) is 6.29 Å². The van der Waals surface area contributed by atoms with Gasteiger partial charge < -0.3 is 68.6 Å². The van der Waals surface area contributed by atoms with E-state index in [4.69, 9.17) is 47.9 Å². The van der Waals surface area contributed by atoms with Crippen molar-refractivity contribution in [2.75, 3.05) is 81.3 Å². The van der Waals surface area contributed by atoms with Crippen LogP contribution in [-0.4, -0.2) is 134 Å². The minimum Gasteiger partial charge on any atom is -0.469 e. The van der Waals surface area contributed by atoms with Crippen molar-refractivity contribution < 1.29 is 68.9 Å². The van der Waals surface area contributed by atoms with E-state index in [0.717, 1.165) is 31.2 Å². The highest BCUT2D eigenvalue weighted by Gasteiger charge is 2.35. The zero-order valence-electron chi connectivity index (χ0n) is 44.4. The van der Waals surface area contributed by atoms with Crippen molar-refractivity contribution in [1.82, 2.24) is 16.0 Å². The summed E-state index contributed by atoms with van der Waals surface area (Å²) >= 11 is 1.94. The van der Waals surface area contributed by atoms with Crippen LogP contribution in [0.1, 0.15) is 136 Å². The van der Waals surface area contributed by atoms with E-state index in [9.17, 15) is 19.2 Å². The predicted octanol–water partition coefficient (Wildman–Crippen LogP) is 11.5. The maximum atomic E-state index is 11.8. The summed E-state index contributed by atoms with van der Waals surface area (Å²) in [6.07, 6.45) is 3.86. The van der Waals surface area contributed by atoms with Gasteiger partial charge in [0.05, 0.1) is 101 Å². The topological polar surface area (TPSA) is 242 Å². The molecule has 0 aliphatic carbocycles. The van der Waals surface area contributed by atoms with E-state index in [1.54, 1.807) is 0 Å². The lowest BCUT2D eigenvalue weighted by Gasteiger charge is -2.32. The summed E-state index contributed by atoms with van der Waals surface area (Å²) in [6.45, 7) is 12.0. The third-order valence-corrected chi connectivity index (χ3v) is 12.4. The Bertz CT molecular complexity index is 1980. The van der Waals surface area contributed by atoms with E-state index in [0.29, 0.717) is 64.8 Å². The average molecular weight is 1350 g/mol. The Balaban J connectivity index is -0.000000119. The van der Waals surface area contributed by atoms with Gasteiger partial charge in [-0.15, -0.1) is 34.0 Å². The molecule has 0 saturated carbocycles. The van der Waals surface area contributed by atoms with Crippen LogP contribution in [0.2, 0.25) is 0 Å². The summed E-state index contributed by atoms with van der Waals surface area (Å²) in [4.78, 5) is 55.0. The van der Waals surface area contributed by atoms with Crippen LogP contribution >= 0.6 is 50.2 Å². The monoisotopic (exact) mass is 1350 g/mol. The SMILES string of the molecule is Br.Br.C.C.C.C.C.C.CC=O.COC(=O)C1=C(N[C@H](C)c2ccccc2)CCOC1.COC(=O)[C@H]1COCCC1N[C@@H](C)c1ccccc1.COC(=O)[C@H]1COCC[C@H]1N.COC(=O)[C@H]1COCC[C@H]1N[C@H](C)c1ccccc1.OBr.[HH].[HH]. The van der Waals surface area contributed by atoms with Gasteiger partial charge in [-0.2, -0.15) is 0 Å². The second kappa shape index (κ2) is 53.8. The predicted molar refractivity (Wildman–Crippen MR) is 345 cm³/mol. The van der Waals surface area contributed by atoms with Crippen molar-refractivity contribution in [1.29, 1.82) is 0 Å². The van der Waals surface area contributed by atoms with Crippen LogP contribution < -0.4 is 21.7 Å². The van der Waals surface area contributed by atoms with Gasteiger partial charge in [-0.05, 0) is 63.6 Å². The number of nitrogens with one attached hydrogen (secondary N) is 3. The second-order valence-corrected chi connectivity index (χ2v) is 17.2. The van der Waals surface area contributed by atoms with Crippen molar-refractivity contribution >= 4 is 80.4 Å². The molecule has 18 nitrogen and oxygen atoms in total. The van der Waals surface area contributed by atoms with Gasteiger partial charge in [0.25, 0.3) is 0 Å². The summed E-state index contributed by atoms with van der Waals surface area (Å²) in [6, 6.07) is 31.3. The highest BCUT2D eigenvalue weighted by atomic mass is 79.9. The van der Waals surface area contributed by atoms with Crippen LogP contribution in [0, 0.1) is 17.8 Å². The van der Waals surface area contributed by atoms with Crippen LogP contribution in [-0.2, 0) is 61.9 Å². The van der Waals surface area contributed by atoms with Crippen molar-refractivity contribution in [3.05, 3.63) is 119 Å². The summed E-state index contributed by atoms with van der Waals surface area (Å²) in [7, 11) is 5.61.